The van der Waals surface area contributed by atoms with Crippen LogP contribution in [-0.2, 0) is 0 Å². The molecule has 2 aromatic carbocycles. The maximum Gasteiger partial charge on any atom is 0.195 e. The fourth-order valence-electron chi connectivity index (χ4n) is 2.37. The van der Waals surface area contributed by atoms with E-state index < -0.39 is 0 Å². The maximum atomic E-state index is 12.5. The molecule has 1 N–H and O–H groups in total. The number of fused-ring (bicyclic) bond motifs is 1. The summed E-state index contributed by atoms with van der Waals surface area (Å²) in [6.45, 7) is 4.04. The molecule has 0 bridgehead atoms. The van der Waals surface area contributed by atoms with Gasteiger partial charge in [-0.05, 0) is 31.5 Å². The molecule has 0 unspecified atom stereocenters. The van der Waals surface area contributed by atoms with Gasteiger partial charge in [0.2, 0.25) is 0 Å². The Labute approximate surface area is 112 Å². The molecule has 2 nitrogen and oxygen atoms in total. The first-order valence-corrected chi connectivity index (χ1v) is 6.34. The van der Waals surface area contributed by atoms with E-state index in [1.54, 1.807) is 6.20 Å². The predicted molar refractivity (Wildman–Crippen MR) is 77.6 cm³/mol. The van der Waals surface area contributed by atoms with Crippen LogP contribution in [0.4, 0.5) is 0 Å². The Bertz CT molecular complexity index is 768. The average molecular weight is 249 g/mol. The third-order valence-electron chi connectivity index (χ3n) is 3.36. The normalized spacial score (nSPS) is 10.8. The van der Waals surface area contributed by atoms with Crippen molar-refractivity contribution in [2.24, 2.45) is 0 Å². The van der Waals surface area contributed by atoms with Gasteiger partial charge in [-0.3, -0.25) is 4.79 Å². The summed E-state index contributed by atoms with van der Waals surface area (Å²) in [5.74, 6) is 0.0683. The van der Waals surface area contributed by atoms with Gasteiger partial charge < -0.3 is 4.98 Å². The Morgan fingerprint density at radius 2 is 1.79 bits per heavy atom. The predicted octanol–water partition coefficient (Wildman–Crippen LogP) is 4.02. The number of benzene rings is 2. The van der Waals surface area contributed by atoms with Crippen LogP contribution in [-0.4, -0.2) is 10.8 Å². The van der Waals surface area contributed by atoms with Gasteiger partial charge in [0.15, 0.2) is 5.78 Å². The molecule has 0 saturated heterocycles. The SMILES string of the molecule is Cc1cccc(C(=O)c2c[nH]c3cc(C)ccc23)c1. The van der Waals surface area contributed by atoms with Gasteiger partial charge in [-0.15, -0.1) is 0 Å². The minimum atomic E-state index is 0.0683. The van der Waals surface area contributed by atoms with Gasteiger partial charge >= 0.3 is 0 Å². The number of carbonyl (C=O) groups excluding carboxylic acids is 1. The van der Waals surface area contributed by atoms with E-state index in [0.29, 0.717) is 0 Å². The van der Waals surface area contributed by atoms with Crippen LogP contribution in [0.15, 0.2) is 48.7 Å². The molecule has 0 atom stereocenters. The summed E-state index contributed by atoms with van der Waals surface area (Å²) in [5, 5.41) is 0.983. The zero-order valence-electron chi connectivity index (χ0n) is 11.0. The minimum absolute atomic E-state index is 0.0683. The molecule has 0 radical (unpaired) electrons. The van der Waals surface area contributed by atoms with Crippen LogP contribution in [0.25, 0.3) is 10.9 Å². The summed E-state index contributed by atoms with van der Waals surface area (Å²) in [5.41, 5.74) is 4.77. The number of H-pyrrole nitrogens is 1. The Hall–Kier alpha value is -2.35. The molecule has 3 rings (SSSR count). The summed E-state index contributed by atoms with van der Waals surface area (Å²) in [7, 11) is 0. The maximum absolute atomic E-state index is 12.5. The number of rotatable bonds is 2. The van der Waals surface area contributed by atoms with Crippen molar-refractivity contribution >= 4 is 16.7 Å². The van der Waals surface area contributed by atoms with Crippen molar-refractivity contribution in [1.29, 1.82) is 0 Å². The summed E-state index contributed by atoms with van der Waals surface area (Å²) < 4.78 is 0. The summed E-state index contributed by atoms with van der Waals surface area (Å²) >= 11 is 0. The third kappa shape index (κ3) is 2.06. The number of nitrogens with one attached hydrogen (secondary N) is 1. The van der Waals surface area contributed by atoms with E-state index in [4.69, 9.17) is 0 Å². The number of hydrogen-bond donors (Lipinski definition) is 1. The van der Waals surface area contributed by atoms with E-state index in [1.165, 1.54) is 5.56 Å². The molecular formula is C17H15NO. The first kappa shape index (κ1) is 11.7. The van der Waals surface area contributed by atoms with E-state index in [0.717, 1.165) is 27.6 Å². The van der Waals surface area contributed by atoms with E-state index in [-0.39, 0.29) is 5.78 Å². The third-order valence-corrected chi connectivity index (χ3v) is 3.36. The lowest BCUT2D eigenvalue weighted by Crippen LogP contribution is -2.00. The number of aromatic amines is 1. The van der Waals surface area contributed by atoms with Crippen molar-refractivity contribution in [3.8, 4) is 0 Å². The highest BCUT2D eigenvalue weighted by molar-refractivity contribution is 6.16. The number of carbonyl (C=O) groups is 1. The highest BCUT2D eigenvalue weighted by atomic mass is 16.1. The average Bonchev–Trinajstić information content (AvgIpc) is 2.80. The molecule has 0 saturated carbocycles. The van der Waals surface area contributed by atoms with Crippen LogP contribution in [0.2, 0.25) is 0 Å². The summed E-state index contributed by atoms with van der Waals surface area (Å²) in [6.07, 6.45) is 1.80. The van der Waals surface area contributed by atoms with Gasteiger partial charge in [-0.1, -0.05) is 35.9 Å². The smallest absolute Gasteiger partial charge is 0.195 e. The molecule has 1 aromatic heterocycles. The number of hydrogen-bond acceptors (Lipinski definition) is 1. The second-order valence-electron chi connectivity index (χ2n) is 4.95. The summed E-state index contributed by atoms with van der Waals surface area (Å²) in [6, 6.07) is 13.8. The standard InChI is InChI=1S/C17H15NO/c1-11-4-3-5-13(8-11)17(19)15-10-18-16-9-12(2)6-7-14(15)16/h3-10,18H,1-2H3. The first-order valence-electron chi connectivity index (χ1n) is 6.34. The van der Waals surface area contributed by atoms with Crippen molar-refractivity contribution in [3.05, 3.63) is 70.9 Å². The molecule has 0 aliphatic heterocycles. The van der Waals surface area contributed by atoms with Crippen LogP contribution in [0.1, 0.15) is 27.0 Å². The van der Waals surface area contributed by atoms with Crippen LogP contribution in [0.3, 0.4) is 0 Å². The minimum Gasteiger partial charge on any atom is -0.360 e. The lowest BCUT2D eigenvalue weighted by Gasteiger charge is -2.01. The molecule has 0 aliphatic rings. The van der Waals surface area contributed by atoms with E-state index in [2.05, 4.69) is 11.1 Å². The lowest BCUT2D eigenvalue weighted by atomic mass is 10.0. The van der Waals surface area contributed by atoms with E-state index in [1.807, 2.05) is 50.2 Å². The fraction of sp³-hybridized carbons (Fsp3) is 0.118. The number of aromatic nitrogens is 1. The zero-order valence-corrected chi connectivity index (χ0v) is 11.0. The topological polar surface area (TPSA) is 32.9 Å². The van der Waals surface area contributed by atoms with E-state index in [9.17, 15) is 4.79 Å². The highest BCUT2D eigenvalue weighted by Gasteiger charge is 2.14. The molecule has 19 heavy (non-hydrogen) atoms. The van der Waals surface area contributed by atoms with Gasteiger partial charge in [0.1, 0.15) is 0 Å². The highest BCUT2D eigenvalue weighted by Crippen LogP contribution is 2.22. The van der Waals surface area contributed by atoms with Gasteiger partial charge in [0.05, 0.1) is 0 Å². The molecular weight excluding hydrogens is 234 g/mol. The van der Waals surface area contributed by atoms with Crippen LogP contribution in [0.5, 0.6) is 0 Å². The Balaban J connectivity index is 2.12. The molecule has 1 heterocycles. The van der Waals surface area contributed by atoms with Crippen molar-refractivity contribution in [2.45, 2.75) is 13.8 Å². The number of aryl methyl sites for hydroxylation is 2. The first-order chi connectivity index (χ1) is 9.15. The largest absolute Gasteiger partial charge is 0.360 e. The van der Waals surface area contributed by atoms with Crippen molar-refractivity contribution < 1.29 is 4.79 Å². The summed E-state index contributed by atoms with van der Waals surface area (Å²) in [4.78, 5) is 15.7. The Morgan fingerprint density at radius 1 is 1.00 bits per heavy atom. The van der Waals surface area contributed by atoms with E-state index >= 15 is 0 Å². The second kappa shape index (κ2) is 4.39. The van der Waals surface area contributed by atoms with Crippen LogP contribution in [0, 0.1) is 13.8 Å². The van der Waals surface area contributed by atoms with Crippen molar-refractivity contribution in [1.82, 2.24) is 4.98 Å². The fourth-order valence-corrected chi connectivity index (χ4v) is 2.37. The van der Waals surface area contributed by atoms with Gasteiger partial charge in [-0.2, -0.15) is 0 Å². The quantitative estimate of drug-likeness (QED) is 0.684. The van der Waals surface area contributed by atoms with Crippen LogP contribution < -0.4 is 0 Å². The monoisotopic (exact) mass is 249 g/mol. The van der Waals surface area contributed by atoms with Crippen molar-refractivity contribution in [2.75, 3.05) is 0 Å². The molecule has 3 aromatic rings. The van der Waals surface area contributed by atoms with Gasteiger partial charge in [0.25, 0.3) is 0 Å². The molecule has 94 valence electrons. The van der Waals surface area contributed by atoms with Gasteiger partial charge in [0, 0.05) is 28.2 Å². The second-order valence-corrected chi connectivity index (χ2v) is 4.95. The molecule has 0 amide bonds. The zero-order chi connectivity index (χ0) is 13.4. The molecule has 0 aliphatic carbocycles. The molecule has 0 fully saturated rings. The van der Waals surface area contributed by atoms with Crippen LogP contribution >= 0.6 is 0 Å². The van der Waals surface area contributed by atoms with Gasteiger partial charge in [-0.25, -0.2) is 0 Å². The lowest BCUT2D eigenvalue weighted by molar-refractivity contribution is 0.104. The number of ketones is 1. The Kier molecular flexibility index (Phi) is 2.71. The molecule has 2 heteroatoms. The van der Waals surface area contributed by atoms with Crippen molar-refractivity contribution in [3.63, 3.8) is 0 Å². The Morgan fingerprint density at radius 3 is 2.58 bits per heavy atom. The molecule has 0 spiro atoms.